The molecule has 0 aromatic heterocycles. The molecule has 3 aromatic rings. The molecule has 1 unspecified atom stereocenters. The van der Waals surface area contributed by atoms with Crippen molar-refractivity contribution in [2.24, 2.45) is 5.92 Å². The molecule has 0 saturated heterocycles. The van der Waals surface area contributed by atoms with E-state index in [9.17, 15) is 0 Å². The van der Waals surface area contributed by atoms with Crippen molar-refractivity contribution in [1.82, 2.24) is 0 Å². The average molecular weight is 260 g/mol. The molecule has 0 radical (unpaired) electrons. The van der Waals surface area contributed by atoms with Gasteiger partial charge in [-0.2, -0.15) is 0 Å². The van der Waals surface area contributed by atoms with Crippen LogP contribution in [0.5, 0.6) is 0 Å². The molecule has 0 spiro atoms. The van der Waals surface area contributed by atoms with Gasteiger partial charge in [0.1, 0.15) is 0 Å². The molecule has 0 heterocycles. The first-order valence-electron chi connectivity index (χ1n) is 7.33. The van der Waals surface area contributed by atoms with E-state index in [4.69, 9.17) is 0 Å². The second kappa shape index (κ2) is 5.92. The molecule has 0 nitrogen and oxygen atoms in total. The minimum atomic E-state index is 0.656. The lowest BCUT2D eigenvalue weighted by atomic mass is 9.92. The number of hydrogen-bond acceptors (Lipinski definition) is 0. The van der Waals surface area contributed by atoms with Crippen LogP contribution in [0.2, 0.25) is 0 Å². The summed E-state index contributed by atoms with van der Waals surface area (Å²) < 4.78 is 0. The van der Waals surface area contributed by atoms with Crippen molar-refractivity contribution in [3.05, 3.63) is 83.9 Å². The number of fused-ring (bicyclic) bond motifs is 1. The van der Waals surface area contributed by atoms with E-state index >= 15 is 0 Å². The highest BCUT2D eigenvalue weighted by Gasteiger charge is 2.07. The Hall–Kier alpha value is -2.08. The third-order valence-corrected chi connectivity index (χ3v) is 3.88. The Labute approximate surface area is 121 Å². The van der Waals surface area contributed by atoms with E-state index in [2.05, 4.69) is 79.7 Å². The van der Waals surface area contributed by atoms with Gasteiger partial charge in [-0.05, 0) is 40.7 Å². The van der Waals surface area contributed by atoms with Crippen LogP contribution < -0.4 is 0 Å². The maximum absolute atomic E-state index is 2.34. The highest BCUT2D eigenvalue weighted by Crippen LogP contribution is 2.22. The second-order valence-corrected chi connectivity index (χ2v) is 5.64. The van der Waals surface area contributed by atoms with Crippen LogP contribution in [-0.2, 0) is 12.8 Å². The lowest BCUT2D eigenvalue weighted by Gasteiger charge is -2.13. The van der Waals surface area contributed by atoms with Gasteiger partial charge in [-0.3, -0.25) is 0 Å². The predicted molar refractivity (Wildman–Crippen MR) is 87.0 cm³/mol. The van der Waals surface area contributed by atoms with E-state index in [0.717, 1.165) is 12.8 Å². The minimum absolute atomic E-state index is 0.656. The van der Waals surface area contributed by atoms with Gasteiger partial charge in [-0.25, -0.2) is 0 Å². The Morgan fingerprint density at radius 3 is 2.25 bits per heavy atom. The van der Waals surface area contributed by atoms with Crippen molar-refractivity contribution in [3.63, 3.8) is 0 Å². The fourth-order valence-electron chi connectivity index (χ4n) is 2.93. The third kappa shape index (κ3) is 2.91. The van der Waals surface area contributed by atoms with Crippen LogP contribution in [0.15, 0.2) is 72.8 Å². The molecule has 20 heavy (non-hydrogen) atoms. The Kier molecular flexibility index (Phi) is 3.83. The molecule has 0 aliphatic heterocycles. The van der Waals surface area contributed by atoms with E-state index in [1.54, 1.807) is 0 Å². The molecule has 0 heteroatoms. The molecule has 0 saturated carbocycles. The molecule has 1 atom stereocenters. The highest BCUT2D eigenvalue weighted by molar-refractivity contribution is 5.85. The lowest BCUT2D eigenvalue weighted by Crippen LogP contribution is -2.04. The van der Waals surface area contributed by atoms with E-state index in [0.29, 0.717) is 5.92 Å². The standard InChI is InChI=1S/C20H20/c1-16(14-17-8-3-2-4-9-17)15-19-12-7-11-18-10-5-6-13-20(18)19/h2-13,16H,14-15H2,1H3. The van der Waals surface area contributed by atoms with Gasteiger partial charge in [0.05, 0.1) is 0 Å². The van der Waals surface area contributed by atoms with Gasteiger partial charge < -0.3 is 0 Å². The molecule has 0 N–H and O–H groups in total. The SMILES string of the molecule is CC(Cc1ccccc1)Cc1cccc2ccccc12. The van der Waals surface area contributed by atoms with Gasteiger partial charge in [0.2, 0.25) is 0 Å². The third-order valence-electron chi connectivity index (χ3n) is 3.88. The maximum Gasteiger partial charge on any atom is -0.0152 e. The van der Waals surface area contributed by atoms with Gasteiger partial charge in [-0.1, -0.05) is 79.7 Å². The summed E-state index contributed by atoms with van der Waals surface area (Å²) in [7, 11) is 0. The van der Waals surface area contributed by atoms with Crippen LogP contribution >= 0.6 is 0 Å². The Morgan fingerprint density at radius 1 is 0.700 bits per heavy atom. The predicted octanol–water partition coefficient (Wildman–Crippen LogP) is 5.26. The minimum Gasteiger partial charge on any atom is -0.0622 e. The Morgan fingerprint density at radius 2 is 1.40 bits per heavy atom. The first-order valence-corrected chi connectivity index (χ1v) is 7.33. The molecule has 3 rings (SSSR count). The van der Waals surface area contributed by atoms with Crippen LogP contribution in [-0.4, -0.2) is 0 Å². The zero-order valence-electron chi connectivity index (χ0n) is 11.9. The topological polar surface area (TPSA) is 0 Å². The Bertz CT molecular complexity index is 677. The molecular formula is C20H20. The van der Waals surface area contributed by atoms with Crippen molar-refractivity contribution in [2.45, 2.75) is 19.8 Å². The first kappa shape index (κ1) is 12.9. The van der Waals surface area contributed by atoms with E-state index in [1.807, 2.05) is 0 Å². The molecule has 0 bridgehead atoms. The molecule has 0 aliphatic rings. The molecule has 0 aliphatic carbocycles. The summed E-state index contributed by atoms with van der Waals surface area (Å²) in [5.41, 5.74) is 2.90. The van der Waals surface area contributed by atoms with Crippen molar-refractivity contribution < 1.29 is 0 Å². The van der Waals surface area contributed by atoms with Gasteiger partial charge in [0.15, 0.2) is 0 Å². The van der Waals surface area contributed by atoms with Crippen molar-refractivity contribution in [1.29, 1.82) is 0 Å². The lowest BCUT2D eigenvalue weighted by molar-refractivity contribution is 0.579. The summed E-state index contributed by atoms with van der Waals surface area (Å²) in [6.07, 6.45) is 2.28. The fourth-order valence-corrected chi connectivity index (χ4v) is 2.93. The number of rotatable bonds is 4. The van der Waals surface area contributed by atoms with Crippen LogP contribution in [0.3, 0.4) is 0 Å². The van der Waals surface area contributed by atoms with Crippen LogP contribution in [0, 0.1) is 5.92 Å². The summed E-state index contributed by atoms with van der Waals surface area (Å²) in [6.45, 7) is 2.34. The van der Waals surface area contributed by atoms with Crippen LogP contribution in [0.4, 0.5) is 0 Å². The summed E-state index contributed by atoms with van der Waals surface area (Å²) in [5.74, 6) is 0.656. The normalized spacial score (nSPS) is 12.4. The molecule has 3 aromatic carbocycles. The molecule has 0 fully saturated rings. The second-order valence-electron chi connectivity index (χ2n) is 5.64. The molecular weight excluding hydrogens is 240 g/mol. The fraction of sp³-hybridized carbons (Fsp3) is 0.200. The van der Waals surface area contributed by atoms with Crippen LogP contribution in [0.25, 0.3) is 10.8 Å². The van der Waals surface area contributed by atoms with Crippen molar-refractivity contribution in [2.75, 3.05) is 0 Å². The molecule has 100 valence electrons. The highest BCUT2D eigenvalue weighted by atomic mass is 14.1. The van der Waals surface area contributed by atoms with Gasteiger partial charge in [0, 0.05) is 0 Å². The number of benzene rings is 3. The summed E-state index contributed by atoms with van der Waals surface area (Å²) in [4.78, 5) is 0. The van der Waals surface area contributed by atoms with Gasteiger partial charge in [0.25, 0.3) is 0 Å². The quantitative estimate of drug-likeness (QED) is 0.600. The smallest absolute Gasteiger partial charge is 0.0152 e. The molecule has 0 amide bonds. The zero-order chi connectivity index (χ0) is 13.8. The largest absolute Gasteiger partial charge is 0.0622 e. The van der Waals surface area contributed by atoms with Crippen LogP contribution in [0.1, 0.15) is 18.1 Å². The van der Waals surface area contributed by atoms with Crippen molar-refractivity contribution >= 4 is 10.8 Å². The summed E-state index contributed by atoms with van der Waals surface area (Å²) >= 11 is 0. The number of hydrogen-bond donors (Lipinski definition) is 0. The zero-order valence-corrected chi connectivity index (χ0v) is 11.9. The summed E-state index contributed by atoms with van der Waals surface area (Å²) in [5, 5.41) is 2.74. The monoisotopic (exact) mass is 260 g/mol. The first-order chi connectivity index (χ1) is 9.83. The van der Waals surface area contributed by atoms with Gasteiger partial charge in [-0.15, -0.1) is 0 Å². The van der Waals surface area contributed by atoms with Crippen molar-refractivity contribution in [3.8, 4) is 0 Å². The van der Waals surface area contributed by atoms with E-state index in [-0.39, 0.29) is 0 Å². The van der Waals surface area contributed by atoms with E-state index < -0.39 is 0 Å². The maximum atomic E-state index is 2.34. The average Bonchev–Trinajstić information content (AvgIpc) is 2.48. The van der Waals surface area contributed by atoms with Gasteiger partial charge >= 0.3 is 0 Å². The summed E-state index contributed by atoms with van der Waals surface area (Å²) in [6, 6.07) is 26.1. The van der Waals surface area contributed by atoms with E-state index in [1.165, 1.54) is 21.9 Å². The Balaban J connectivity index is 1.79.